The van der Waals surface area contributed by atoms with E-state index < -0.39 is 0 Å². The molecule has 0 radical (unpaired) electrons. The Morgan fingerprint density at radius 2 is 2.31 bits per heavy atom. The Labute approximate surface area is 79.9 Å². The van der Waals surface area contributed by atoms with E-state index in [4.69, 9.17) is 16.3 Å². The molecule has 0 saturated carbocycles. The Kier molecular flexibility index (Phi) is 1.70. The first-order valence-corrected chi connectivity index (χ1v) is 4.19. The lowest BCUT2D eigenvalue weighted by atomic mass is 10.1. The van der Waals surface area contributed by atoms with E-state index in [-0.39, 0.29) is 23.2 Å². The molecule has 0 aromatic heterocycles. The van der Waals surface area contributed by atoms with E-state index in [0.717, 1.165) is 5.56 Å². The summed E-state index contributed by atoms with van der Waals surface area (Å²) >= 11 is 5.79. The minimum absolute atomic E-state index is 0.00350. The van der Waals surface area contributed by atoms with Crippen LogP contribution in [0.3, 0.4) is 0 Å². The lowest BCUT2D eigenvalue weighted by molar-refractivity contribution is -0.131. The molecule has 1 aromatic carbocycles. The molecular formula is C9H7ClO3. The zero-order valence-electron chi connectivity index (χ0n) is 6.93. The van der Waals surface area contributed by atoms with Crippen molar-refractivity contribution in [1.29, 1.82) is 0 Å². The summed E-state index contributed by atoms with van der Waals surface area (Å²) in [7, 11) is 0. The van der Waals surface area contributed by atoms with E-state index in [1.165, 1.54) is 6.07 Å². The van der Waals surface area contributed by atoms with Crippen molar-refractivity contribution in [2.75, 3.05) is 0 Å². The summed E-state index contributed by atoms with van der Waals surface area (Å²) < 4.78 is 4.94. The minimum atomic E-state index is -0.328. The summed E-state index contributed by atoms with van der Waals surface area (Å²) in [5.41, 5.74) is 1.31. The first-order chi connectivity index (χ1) is 6.09. The van der Waals surface area contributed by atoms with Crippen LogP contribution < -0.4 is 4.74 Å². The van der Waals surface area contributed by atoms with Gasteiger partial charge in [0.25, 0.3) is 0 Å². The summed E-state index contributed by atoms with van der Waals surface area (Å²) in [5, 5.41) is 9.57. The maximum atomic E-state index is 11.0. The Morgan fingerprint density at radius 1 is 1.62 bits per heavy atom. The number of aromatic hydroxyl groups is 1. The summed E-state index contributed by atoms with van der Waals surface area (Å²) in [6.07, 6.45) is 0.142. The molecule has 0 amide bonds. The van der Waals surface area contributed by atoms with Crippen molar-refractivity contribution in [1.82, 2.24) is 0 Å². The van der Waals surface area contributed by atoms with Gasteiger partial charge >= 0.3 is 5.97 Å². The van der Waals surface area contributed by atoms with Crippen LogP contribution in [0.4, 0.5) is 0 Å². The second kappa shape index (κ2) is 2.64. The molecule has 0 unspecified atom stereocenters. The minimum Gasteiger partial charge on any atom is -0.506 e. The van der Waals surface area contributed by atoms with Gasteiger partial charge in [0.1, 0.15) is 11.5 Å². The lowest BCUT2D eigenvalue weighted by Gasteiger charge is -2.05. The monoisotopic (exact) mass is 198 g/mol. The van der Waals surface area contributed by atoms with Gasteiger partial charge in [-0.1, -0.05) is 11.6 Å². The summed E-state index contributed by atoms with van der Waals surface area (Å²) in [5.74, 6) is 0.162. The van der Waals surface area contributed by atoms with Crippen molar-refractivity contribution in [2.45, 2.75) is 13.3 Å². The van der Waals surface area contributed by atoms with E-state index in [1.807, 2.05) is 0 Å². The topological polar surface area (TPSA) is 46.5 Å². The van der Waals surface area contributed by atoms with Crippen molar-refractivity contribution in [3.05, 3.63) is 22.2 Å². The number of hydrogen-bond donors (Lipinski definition) is 1. The molecule has 0 saturated heterocycles. The third kappa shape index (κ3) is 1.16. The number of ether oxygens (including phenoxy) is 1. The predicted molar refractivity (Wildman–Crippen MR) is 47.2 cm³/mol. The third-order valence-electron chi connectivity index (χ3n) is 2.01. The fraction of sp³-hybridized carbons (Fsp3) is 0.222. The molecule has 0 bridgehead atoms. The highest BCUT2D eigenvalue weighted by atomic mass is 35.5. The second-order valence-electron chi connectivity index (χ2n) is 2.99. The maximum Gasteiger partial charge on any atom is 0.315 e. The standard InChI is InChI=1S/C9H7ClO3/c1-4-2-6(11)8(10)5-3-7(12)13-9(4)5/h2,11H,3H2,1H3. The van der Waals surface area contributed by atoms with E-state index >= 15 is 0 Å². The number of phenolic OH excluding ortho intramolecular Hbond substituents is 1. The molecule has 0 atom stereocenters. The smallest absolute Gasteiger partial charge is 0.315 e. The quantitative estimate of drug-likeness (QED) is 0.511. The zero-order valence-corrected chi connectivity index (χ0v) is 7.68. The first kappa shape index (κ1) is 8.38. The largest absolute Gasteiger partial charge is 0.506 e. The van der Waals surface area contributed by atoms with Crippen molar-refractivity contribution in [3.63, 3.8) is 0 Å². The summed E-state index contributed by atoms with van der Waals surface area (Å²) in [6.45, 7) is 1.76. The zero-order chi connectivity index (χ0) is 9.59. The summed E-state index contributed by atoms with van der Waals surface area (Å²) in [6, 6.07) is 1.49. The predicted octanol–water partition coefficient (Wildman–Crippen LogP) is 1.82. The normalized spacial score (nSPS) is 14.2. The van der Waals surface area contributed by atoms with E-state index in [0.29, 0.717) is 11.3 Å². The first-order valence-electron chi connectivity index (χ1n) is 3.81. The van der Waals surface area contributed by atoms with Crippen LogP contribution in [-0.4, -0.2) is 11.1 Å². The number of benzene rings is 1. The van der Waals surface area contributed by atoms with Gasteiger partial charge in [0.2, 0.25) is 0 Å². The van der Waals surface area contributed by atoms with Gasteiger partial charge < -0.3 is 9.84 Å². The van der Waals surface area contributed by atoms with Crippen LogP contribution in [0.5, 0.6) is 11.5 Å². The third-order valence-corrected chi connectivity index (χ3v) is 2.43. The van der Waals surface area contributed by atoms with E-state index in [9.17, 15) is 9.90 Å². The number of hydrogen-bond acceptors (Lipinski definition) is 3. The van der Waals surface area contributed by atoms with Crippen LogP contribution >= 0.6 is 11.6 Å². The number of fused-ring (bicyclic) bond motifs is 1. The van der Waals surface area contributed by atoms with Crippen LogP contribution in [0.25, 0.3) is 0 Å². The van der Waals surface area contributed by atoms with Crippen molar-refractivity contribution in [3.8, 4) is 11.5 Å². The fourth-order valence-corrected chi connectivity index (χ4v) is 1.63. The molecule has 0 fully saturated rings. The number of esters is 1. The molecule has 0 aliphatic carbocycles. The molecule has 1 N–H and O–H groups in total. The molecule has 1 heterocycles. The fourth-order valence-electron chi connectivity index (χ4n) is 1.42. The van der Waals surface area contributed by atoms with Crippen LogP contribution in [0.1, 0.15) is 11.1 Å². The van der Waals surface area contributed by atoms with Gasteiger partial charge in [-0.3, -0.25) is 4.79 Å². The number of halogens is 1. The second-order valence-corrected chi connectivity index (χ2v) is 3.36. The number of carbonyl (C=O) groups is 1. The number of aryl methyl sites for hydroxylation is 1. The van der Waals surface area contributed by atoms with Crippen molar-refractivity contribution < 1.29 is 14.6 Å². The Bertz CT molecular complexity index is 398. The Morgan fingerprint density at radius 3 is 3.00 bits per heavy atom. The highest BCUT2D eigenvalue weighted by Gasteiger charge is 2.26. The molecule has 1 aliphatic heterocycles. The molecule has 3 nitrogen and oxygen atoms in total. The van der Waals surface area contributed by atoms with Gasteiger partial charge in [-0.25, -0.2) is 0 Å². The maximum absolute atomic E-state index is 11.0. The highest BCUT2D eigenvalue weighted by Crippen LogP contribution is 2.40. The summed E-state index contributed by atoms with van der Waals surface area (Å²) in [4.78, 5) is 11.0. The SMILES string of the molecule is Cc1cc(O)c(Cl)c2c1OC(=O)C2. The molecule has 4 heteroatoms. The molecule has 68 valence electrons. The van der Waals surface area contributed by atoms with Crippen LogP contribution in [-0.2, 0) is 11.2 Å². The number of carbonyl (C=O) groups excluding carboxylic acids is 1. The molecule has 13 heavy (non-hydrogen) atoms. The van der Waals surface area contributed by atoms with Gasteiger partial charge in [-0.15, -0.1) is 0 Å². The molecule has 2 rings (SSSR count). The molecular weight excluding hydrogens is 192 g/mol. The highest BCUT2D eigenvalue weighted by molar-refractivity contribution is 6.33. The Balaban J connectivity index is 2.69. The molecule has 0 spiro atoms. The average molecular weight is 199 g/mol. The van der Waals surface area contributed by atoms with E-state index in [1.54, 1.807) is 6.92 Å². The van der Waals surface area contributed by atoms with Gasteiger partial charge in [0.15, 0.2) is 0 Å². The average Bonchev–Trinajstić information content (AvgIpc) is 2.44. The lowest BCUT2D eigenvalue weighted by Crippen LogP contribution is -2.00. The number of phenols is 1. The van der Waals surface area contributed by atoms with Gasteiger partial charge in [0, 0.05) is 5.56 Å². The van der Waals surface area contributed by atoms with Crippen molar-refractivity contribution in [2.24, 2.45) is 0 Å². The molecule has 1 aliphatic rings. The number of rotatable bonds is 0. The van der Waals surface area contributed by atoms with Gasteiger partial charge in [-0.05, 0) is 18.6 Å². The van der Waals surface area contributed by atoms with E-state index in [2.05, 4.69) is 0 Å². The van der Waals surface area contributed by atoms with Crippen LogP contribution in [0.2, 0.25) is 5.02 Å². The van der Waals surface area contributed by atoms with Crippen LogP contribution in [0, 0.1) is 6.92 Å². The van der Waals surface area contributed by atoms with Gasteiger partial charge in [0.05, 0.1) is 11.4 Å². The molecule has 1 aromatic rings. The Hall–Kier alpha value is -1.22. The van der Waals surface area contributed by atoms with Gasteiger partial charge in [-0.2, -0.15) is 0 Å². The van der Waals surface area contributed by atoms with Crippen molar-refractivity contribution >= 4 is 17.6 Å². The van der Waals surface area contributed by atoms with Crippen LogP contribution in [0.15, 0.2) is 6.07 Å².